The van der Waals surface area contributed by atoms with E-state index in [0.717, 1.165) is 18.9 Å². The maximum Gasteiger partial charge on any atom is 0.0939 e. The molecule has 0 saturated carbocycles. The average Bonchev–Trinajstić information content (AvgIpc) is 2.08. The maximum absolute atomic E-state index is 4.73. The van der Waals surface area contributed by atoms with Gasteiger partial charge in [-0.1, -0.05) is 6.92 Å². The van der Waals surface area contributed by atoms with Crippen LogP contribution in [0.1, 0.15) is 62.3 Å². The van der Waals surface area contributed by atoms with Crippen molar-refractivity contribution in [2.45, 2.75) is 79.4 Å². The van der Waals surface area contributed by atoms with Crippen molar-refractivity contribution in [1.82, 2.24) is 10.2 Å². The highest BCUT2D eigenvalue weighted by Gasteiger charge is 2.21. The Labute approximate surface area is 114 Å². The normalized spacial score (nSPS) is 16.0. The number of amidine groups is 1. The summed E-state index contributed by atoms with van der Waals surface area (Å²) in [6.07, 6.45) is 0. The third-order valence-electron chi connectivity index (χ3n) is 2.78. The Morgan fingerprint density at radius 1 is 1.17 bits per heavy atom. The number of hydrogen-bond acceptors (Lipinski definition) is 2. The van der Waals surface area contributed by atoms with Gasteiger partial charge in [0.05, 0.1) is 11.9 Å². The molecule has 1 atom stereocenters. The topological polar surface area (TPSA) is 27.6 Å². The van der Waals surface area contributed by atoms with Crippen molar-refractivity contribution in [2.24, 2.45) is 4.99 Å². The first-order valence-electron chi connectivity index (χ1n) is 7.03. The lowest BCUT2D eigenvalue weighted by Gasteiger charge is -2.36. The molecule has 0 aliphatic rings. The summed E-state index contributed by atoms with van der Waals surface area (Å²) in [5.74, 6) is 1.03. The predicted octanol–water partition coefficient (Wildman–Crippen LogP) is 3.30. The monoisotopic (exact) mass is 255 g/mol. The molecule has 0 amide bonds. The van der Waals surface area contributed by atoms with Crippen LogP contribution in [0.15, 0.2) is 4.99 Å². The molecular weight excluding hydrogens is 222 g/mol. The number of likely N-dealkylation sites (N-methyl/N-ethyl adjacent to an activating group) is 1. The second-order valence-electron chi connectivity index (χ2n) is 7.15. The standard InChI is InChI=1S/C15H33N3/c1-10-18(15(7,8)9)11-12(2)16-13(3)17-14(4,5)6/h12H,10-11H2,1-9H3,(H,16,17). The van der Waals surface area contributed by atoms with E-state index in [-0.39, 0.29) is 11.1 Å². The first-order valence-corrected chi connectivity index (χ1v) is 7.03. The SMILES string of the molecule is CCN(CC(C)N=C(C)NC(C)(C)C)C(C)(C)C. The van der Waals surface area contributed by atoms with E-state index in [1.54, 1.807) is 0 Å². The molecule has 3 nitrogen and oxygen atoms in total. The fourth-order valence-corrected chi connectivity index (χ4v) is 2.14. The summed E-state index contributed by atoms with van der Waals surface area (Å²) in [6.45, 7) is 21.8. The van der Waals surface area contributed by atoms with E-state index in [4.69, 9.17) is 4.99 Å². The summed E-state index contributed by atoms with van der Waals surface area (Å²) in [7, 11) is 0. The molecule has 0 aromatic carbocycles. The van der Waals surface area contributed by atoms with Gasteiger partial charge in [0.15, 0.2) is 0 Å². The van der Waals surface area contributed by atoms with E-state index < -0.39 is 0 Å². The third-order valence-corrected chi connectivity index (χ3v) is 2.78. The first kappa shape index (κ1) is 17.4. The molecule has 0 saturated heterocycles. The van der Waals surface area contributed by atoms with Gasteiger partial charge in [-0.05, 0) is 61.9 Å². The van der Waals surface area contributed by atoms with Gasteiger partial charge in [0.2, 0.25) is 0 Å². The first-order chi connectivity index (χ1) is 7.95. The summed E-state index contributed by atoms with van der Waals surface area (Å²) in [5, 5.41) is 3.41. The number of nitrogens with one attached hydrogen (secondary N) is 1. The van der Waals surface area contributed by atoms with Crippen molar-refractivity contribution < 1.29 is 0 Å². The van der Waals surface area contributed by atoms with Crippen LogP contribution in [-0.4, -0.2) is 40.9 Å². The smallest absolute Gasteiger partial charge is 0.0939 e. The van der Waals surface area contributed by atoms with Crippen LogP contribution in [0.25, 0.3) is 0 Å². The fourth-order valence-electron chi connectivity index (χ4n) is 2.14. The van der Waals surface area contributed by atoms with E-state index in [1.165, 1.54) is 0 Å². The Morgan fingerprint density at radius 2 is 1.67 bits per heavy atom. The summed E-state index contributed by atoms with van der Waals surface area (Å²) in [5.41, 5.74) is 0.297. The molecule has 108 valence electrons. The van der Waals surface area contributed by atoms with Crippen LogP contribution in [-0.2, 0) is 0 Å². The molecule has 18 heavy (non-hydrogen) atoms. The maximum atomic E-state index is 4.73. The predicted molar refractivity (Wildman–Crippen MR) is 82.5 cm³/mol. The molecule has 0 aliphatic heterocycles. The Kier molecular flexibility index (Phi) is 6.35. The molecule has 0 fully saturated rings. The van der Waals surface area contributed by atoms with Crippen molar-refractivity contribution >= 4 is 5.84 Å². The molecule has 1 unspecified atom stereocenters. The van der Waals surface area contributed by atoms with Crippen molar-refractivity contribution in [2.75, 3.05) is 13.1 Å². The largest absolute Gasteiger partial charge is 0.369 e. The van der Waals surface area contributed by atoms with Gasteiger partial charge in [0, 0.05) is 17.6 Å². The molecule has 0 aliphatic carbocycles. The molecule has 1 N–H and O–H groups in total. The zero-order chi connectivity index (χ0) is 14.6. The molecular formula is C15H33N3. The van der Waals surface area contributed by atoms with Crippen molar-refractivity contribution in [3.8, 4) is 0 Å². The lowest BCUT2D eigenvalue weighted by Crippen LogP contribution is -2.45. The molecule has 0 heterocycles. The zero-order valence-corrected chi connectivity index (χ0v) is 13.9. The third kappa shape index (κ3) is 7.70. The number of rotatable bonds is 4. The van der Waals surface area contributed by atoms with Crippen molar-refractivity contribution in [3.05, 3.63) is 0 Å². The number of aliphatic imine (C=N–C) groups is 1. The second-order valence-corrected chi connectivity index (χ2v) is 7.15. The second kappa shape index (κ2) is 6.55. The highest BCUT2D eigenvalue weighted by Crippen LogP contribution is 2.13. The van der Waals surface area contributed by atoms with Crippen LogP contribution in [0.2, 0.25) is 0 Å². The summed E-state index contributed by atoms with van der Waals surface area (Å²) in [4.78, 5) is 7.19. The fraction of sp³-hybridized carbons (Fsp3) is 0.933. The Hall–Kier alpha value is -0.570. The quantitative estimate of drug-likeness (QED) is 0.616. The van der Waals surface area contributed by atoms with E-state index in [2.05, 4.69) is 72.5 Å². The molecule has 0 aromatic heterocycles. The lowest BCUT2D eigenvalue weighted by molar-refractivity contribution is 0.138. The van der Waals surface area contributed by atoms with Crippen LogP contribution in [0.4, 0.5) is 0 Å². The molecule has 0 radical (unpaired) electrons. The molecule has 0 spiro atoms. The van der Waals surface area contributed by atoms with Gasteiger partial charge in [0.25, 0.3) is 0 Å². The van der Waals surface area contributed by atoms with Crippen LogP contribution in [0.3, 0.4) is 0 Å². The van der Waals surface area contributed by atoms with Gasteiger partial charge in [-0.25, -0.2) is 0 Å². The summed E-state index contributed by atoms with van der Waals surface area (Å²) >= 11 is 0. The van der Waals surface area contributed by atoms with E-state index >= 15 is 0 Å². The van der Waals surface area contributed by atoms with Crippen LogP contribution in [0, 0.1) is 0 Å². The van der Waals surface area contributed by atoms with E-state index in [9.17, 15) is 0 Å². The van der Waals surface area contributed by atoms with Crippen molar-refractivity contribution in [3.63, 3.8) is 0 Å². The van der Waals surface area contributed by atoms with Gasteiger partial charge in [0.1, 0.15) is 0 Å². The summed E-state index contributed by atoms with van der Waals surface area (Å²) < 4.78 is 0. The Bertz CT molecular complexity index is 268. The Morgan fingerprint density at radius 3 is 2.00 bits per heavy atom. The van der Waals surface area contributed by atoms with Crippen LogP contribution < -0.4 is 5.32 Å². The Balaban J connectivity index is 4.49. The molecule has 3 heteroatoms. The van der Waals surface area contributed by atoms with Gasteiger partial charge >= 0.3 is 0 Å². The lowest BCUT2D eigenvalue weighted by atomic mass is 10.1. The van der Waals surface area contributed by atoms with Crippen LogP contribution in [0.5, 0.6) is 0 Å². The summed E-state index contributed by atoms with van der Waals surface area (Å²) in [6, 6.07) is 0.319. The zero-order valence-electron chi connectivity index (χ0n) is 13.9. The molecule has 0 bridgehead atoms. The highest BCUT2D eigenvalue weighted by molar-refractivity contribution is 5.80. The van der Waals surface area contributed by atoms with Crippen molar-refractivity contribution in [1.29, 1.82) is 0 Å². The van der Waals surface area contributed by atoms with E-state index in [1.807, 2.05) is 0 Å². The number of hydrogen-bond donors (Lipinski definition) is 1. The highest BCUT2D eigenvalue weighted by atomic mass is 15.2. The molecule has 0 aromatic rings. The average molecular weight is 255 g/mol. The van der Waals surface area contributed by atoms with Gasteiger partial charge < -0.3 is 5.32 Å². The molecule has 0 rings (SSSR count). The van der Waals surface area contributed by atoms with Gasteiger partial charge in [-0.2, -0.15) is 0 Å². The van der Waals surface area contributed by atoms with Gasteiger partial charge in [-0.15, -0.1) is 0 Å². The minimum atomic E-state index is 0.0851. The van der Waals surface area contributed by atoms with E-state index in [0.29, 0.717) is 6.04 Å². The number of nitrogens with zero attached hydrogens (tertiary/aromatic N) is 2. The minimum Gasteiger partial charge on any atom is -0.369 e. The minimum absolute atomic E-state index is 0.0851. The van der Waals surface area contributed by atoms with Crippen LogP contribution >= 0.6 is 0 Å². The van der Waals surface area contributed by atoms with Gasteiger partial charge in [-0.3, -0.25) is 9.89 Å².